The molecule has 0 fully saturated rings. The summed E-state index contributed by atoms with van der Waals surface area (Å²) in [5, 5.41) is 0. The number of carbonyl (C=O) groups is 1. The minimum Gasteiger partial charge on any atom is -0.377 e. The van der Waals surface area contributed by atoms with Crippen molar-refractivity contribution in [1.29, 1.82) is 0 Å². The van der Waals surface area contributed by atoms with E-state index in [-0.39, 0.29) is 12.2 Å². The number of hydrogen-bond donors (Lipinski definition) is 3. The predicted octanol–water partition coefficient (Wildman–Crippen LogP) is 0.812. The normalized spacial score (nSPS) is 11.6. The Bertz CT molecular complexity index is 228. The maximum atomic E-state index is 9.47. The first-order chi connectivity index (χ1) is 8.37. The Morgan fingerprint density at radius 3 is 1.89 bits per heavy atom. The van der Waals surface area contributed by atoms with Crippen LogP contribution in [-0.4, -0.2) is 42.1 Å². The van der Waals surface area contributed by atoms with E-state index in [1.54, 1.807) is 21.3 Å². The molecule has 1 unspecified atom stereocenters. The van der Waals surface area contributed by atoms with Crippen LogP contribution in [0.3, 0.4) is 0 Å². The first-order valence-corrected chi connectivity index (χ1v) is 7.63. The number of nitrogens with two attached hydrogens (primary N) is 2. The molecule has 0 aromatic carbocycles. The van der Waals surface area contributed by atoms with Gasteiger partial charge < -0.3 is 30.9 Å². The first-order valence-electron chi connectivity index (χ1n) is 5.70. The van der Waals surface area contributed by atoms with Crippen molar-refractivity contribution in [1.82, 2.24) is 6.15 Å². The van der Waals surface area contributed by atoms with E-state index in [0.29, 0.717) is 0 Å². The lowest BCUT2D eigenvalue weighted by Gasteiger charge is -2.24. The number of carbonyl (C=O) groups excluding carboxylic acids is 1. The Morgan fingerprint density at radius 1 is 1.32 bits per heavy atom. The number of amides is 1. The summed E-state index contributed by atoms with van der Waals surface area (Å²) < 4.78 is 15.8. The van der Waals surface area contributed by atoms with Crippen LogP contribution in [0.4, 0.5) is 0 Å². The second-order valence-electron chi connectivity index (χ2n) is 3.77. The van der Waals surface area contributed by atoms with Crippen LogP contribution in [0.15, 0.2) is 12.7 Å². The van der Waals surface area contributed by atoms with E-state index in [1.165, 1.54) is 0 Å². The molecular formula is C11H29N3O4Si. The van der Waals surface area contributed by atoms with Crippen molar-refractivity contribution in [2.75, 3.05) is 21.3 Å². The zero-order valence-electron chi connectivity index (χ0n) is 12.5. The van der Waals surface area contributed by atoms with Crippen LogP contribution in [0.25, 0.3) is 0 Å². The summed E-state index contributed by atoms with van der Waals surface area (Å²) in [6.45, 7) is 5.08. The van der Waals surface area contributed by atoms with E-state index in [1.807, 2.05) is 6.92 Å². The van der Waals surface area contributed by atoms with Crippen molar-refractivity contribution in [3.63, 3.8) is 0 Å². The van der Waals surface area contributed by atoms with E-state index >= 15 is 0 Å². The highest BCUT2D eigenvalue weighted by molar-refractivity contribution is 6.60. The summed E-state index contributed by atoms with van der Waals surface area (Å²) in [6, 6.07) is 1.06. The highest BCUT2D eigenvalue weighted by atomic mass is 28.4. The van der Waals surface area contributed by atoms with Gasteiger partial charge in [0.25, 0.3) is 0 Å². The van der Waals surface area contributed by atoms with E-state index in [2.05, 4.69) is 12.3 Å². The zero-order valence-corrected chi connectivity index (χ0v) is 13.5. The SMILES string of the molecule is C=CC(N)=O.CO[Si](CCCC(C)N)(OC)OC.N. The molecular weight excluding hydrogens is 266 g/mol. The number of hydrogen-bond acceptors (Lipinski definition) is 6. The van der Waals surface area contributed by atoms with Crippen LogP contribution in [0.1, 0.15) is 19.8 Å². The van der Waals surface area contributed by atoms with Crippen molar-refractivity contribution < 1.29 is 18.1 Å². The molecule has 0 rings (SSSR count). The first kappa shape index (κ1) is 23.3. The monoisotopic (exact) mass is 295 g/mol. The Kier molecular flexibility index (Phi) is 16.8. The fourth-order valence-corrected chi connectivity index (χ4v) is 2.95. The molecule has 0 spiro atoms. The third-order valence-electron chi connectivity index (χ3n) is 2.28. The van der Waals surface area contributed by atoms with Crippen LogP contribution in [-0.2, 0) is 18.1 Å². The van der Waals surface area contributed by atoms with Gasteiger partial charge in [0.2, 0.25) is 5.91 Å². The van der Waals surface area contributed by atoms with Crippen molar-refractivity contribution in [3.05, 3.63) is 12.7 Å². The summed E-state index contributed by atoms with van der Waals surface area (Å²) >= 11 is 0. The van der Waals surface area contributed by atoms with Crippen molar-refractivity contribution in [3.8, 4) is 0 Å². The molecule has 0 aliphatic rings. The third-order valence-corrected chi connectivity index (χ3v) is 5.11. The summed E-state index contributed by atoms with van der Waals surface area (Å²) in [4.78, 5) is 9.47. The fraction of sp³-hybridized carbons (Fsp3) is 0.727. The summed E-state index contributed by atoms with van der Waals surface area (Å²) in [6.07, 6.45) is 3.02. The van der Waals surface area contributed by atoms with Gasteiger partial charge in [-0.1, -0.05) is 6.58 Å². The number of rotatable bonds is 8. The molecule has 0 aliphatic heterocycles. The minimum atomic E-state index is -2.34. The lowest BCUT2D eigenvalue weighted by Crippen LogP contribution is -2.42. The molecule has 0 bridgehead atoms. The van der Waals surface area contributed by atoms with Crippen LogP contribution < -0.4 is 17.6 Å². The second-order valence-corrected chi connectivity index (χ2v) is 6.86. The molecule has 7 nitrogen and oxygen atoms in total. The Labute approximate surface area is 117 Å². The van der Waals surface area contributed by atoms with Gasteiger partial charge in [-0.15, -0.1) is 0 Å². The van der Waals surface area contributed by atoms with Gasteiger partial charge >= 0.3 is 8.80 Å². The molecule has 0 aliphatic carbocycles. The lowest BCUT2D eigenvalue weighted by molar-refractivity contribution is -0.113. The molecule has 0 heterocycles. The van der Waals surface area contributed by atoms with E-state index in [0.717, 1.165) is 25.0 Å². The third kappa shape index (κ3) is 13.5. The smallest absolute Gasteiger partial charge is 0.377 e. The van der Waals surface area contributed by atoms with Gasteiger partial charge in [-0.05, 0) is 25.8 Å². The van der Waals surface area contributed by atoms with Gasteiger partial charge in [-0.25, -0.2) is 0 Å². The Hall–Kier alpha value is -0.773. The largest absolute Gasteiger partial charge is 0.500 e. The molecule has 0 aromatic rings. The molecule has 0 saturated carbocycles. The van der Waals surface area contributed by atoms with Crippen molar-refractivity contribution in [2.45, 2.75) is 31.9 Å². The average molecular weight is 295 g/mol. The fourth-order valence-electron chi connectivity index (χ4n) is 1.20. The topological polar surface area (TPSA) is 132 Å². The Morgan fingerprint density at radius 2 is 1.68 bits per heavy atom. The summed E-state index contributed by atoms with van der Waals surface area (Å²) in [7, 11) is 2.55. The van der Waals surface area contributed by atoms with Crippen LogP contribution in [0.2, 0.25) is 6.04 Å². The molecule has 19 heavy (non-hydrogen) atoms. The quantitative estimate of drug-likeness (QED) is 0.448. The molecule has 1 atom stereocenters. The van der Waals surface area contributed by atoms with Crippen LogP contribution >= 0.6 is 0 Å². The van der Waals surface area contributed by atoms with Crippen molar-refractivity contribution in [2.24, 2.45) is 11.5 Å². The van der Waals surface area contributed by atoms with Crippen molar-refractivity contribution >= 4 is 14.7 Å². The van der Waals surface area contributed by atoms with Gasteiger partial charge in [-0.3, -0.25) is 4.79 Å². The maximum absolute atomic E-state index is 9.47. The molecule has 8 heteroatoms. The number of primary amides is 1. The summed E-state index contributed by atoms with van der Waals surface area (Å²) in [5.41, 5.74) is 10.2. The lowest BCUT2D eigenvalue weighted by atomic mass is 10.2. The van der Waals surface area contributed by atoms with Crippen LogP contribution in [0, 0.1) is 0 Å². The predicted molar refractivity (Wildman–Crippen MR) is 78.9 cm³/mol. The average Bonchev–Trinajstić information content (AvgIpc) is 2.35. The molecule has 7 N–H and O–H groups in total. The molecule has 116 valence electrons. The van der Waals surface area contributed by atoms with Gasteiger partial charge in [0.1, 0.15) is 0 Å². The van der Waals surface area contributed by atoms with E-state index in [4.69, 9.17) is 19.0 Å². The highest BCUT2D eigenvalue weighted by Crippen LogP contribution is 2.16. The highest BCUT2D eigenvalue weighted by Gasteiger charge is 2.36. The van der Waals surface area contributed by atoms with E-state index < -0.39 is 14.7 Å². The molecule has 1 amide bonds. The van der Waals surface area contributed by atoms with Gasteiger partial charge in [0, 0.05) is 33.4 Å². The van der Waals surface area contributed by atoms with E-state index in [9.17, 15) is 4.79 Å². The van der Waals surface area contributed by atoms with Gasteiger partial charge in [0.05, 0.1) is 0 Å². The summed E-state index contributed by atoms with van der Waals surface area (Å²) in [5.74, 6) is -0.481. The van der Waals surface area contributed by atoms with Crippen LogP contribution in [0.5, 0.6) is 0 Å². The molecule has 0 radical (unpaired) electrons. The molecule has 0 saturated heterocycles. The second kappa shape index (κ2) is 13.7. The van der Waals surface area contributed by atoms with Gasteiger partial charge in [-0.2, -0.15) is 0 Å². The molecule has 0 aromatic heterocycles. The maximum Gasteiger partial charge on any atom is 0.500 e. The zero-order chi connectivity index (χ0) is 14.6. The minimum absolute atomic E-state index is 0. The Balaban J connectivity index is -0.000000366. The standard InChI is InChI=1S/C8H21NO3Si.C3H5NO.H3N/c1-8(9)6-5-7-13(10-2,11-3)12-4;1-2-3(4)5;/h8H,5-7,9H2,1-4H3;2H,1H2,(H2,4,5);1H3. The van der Waals surface area contributed by atoms with Gasteiger partial charge in [0.15, 0.2) is 0 Å².